The number of carboxylic acid groups (broad SMARTS) is 1. The third-order valence-corrected chi connectivity index (χ3v) is 6.25. The first kappa shape index (κ1) is 27.4. The molecule has 0 aliphatic heterocycles. The number of primary amides is 1. The lowest BCUT2D eigenvalue weighted by molar-refractivity contribution is 0.0684. The molecule has 0 bridgehead atoms. The Kier molecular flexibility index (Phi) is 8.63. The number of hydrogen-bond donors (Lipinski definition) is 2. The molecule has 4 rings (SSSR count). The maximum absolute atomic E-state index is 13.0. The average molecular weight is 529 g/mol. The summed E-state index contributed by atoms with van der Waals surface area (Å²) in [5, 5.41) is 15.0. The van der Waals surface area contributed by atoms with Crippen LogP contribution in [0.3, 0.4) is 0 Å². The molecule has 39 heavy (non-hydrogen) atoms. The molecule has 3 aromatic carbocycles. The number of hydrogen-bond acceptors (Lipinski definition) is 6. The van der Waals surface area contributed by atoms with Gasteiger partial charge in [0.15, 0.2) is 5.69 Å². The smallest absolute Gasteiger partial charge is 0.354 e. The SMILES string of the molecule is COc1ccc(-c2ccccc2)c(C(N)=O)c1-c1c(OCCCN(C)C)nn(Cc2ccccc2)c1C(=O)O. The second-order valence-corrected chi connectivity index (χ2v) is 9.28. The van der Waals surface area contributed by atoms with Crippen LogP contribution in [-0.4, -0.2) is 66.0 Å². The summed E-state index contributed by atoms with van der Waals surface area (Å²) in [6.45, 7) is 1.24. The predicted molar refractivity (Wildman–Crippen MR) is 149 cm³/mol. The zero-order valence-electron chi connectivity index (χ0n) is 22.3. The summed E-state index contributed by atoms with van der Waals surface area (Å²) in [4.78, 5) is 27.8. The van der Waals surface area contributed by atoms with Gasteiger partial charge in [-0.15, -0.1) is 5.10 Å². The molecule has 9 nitrogen and oxygen atoms in total. The van der Waals surface area contributed by atoms with Crippen molar-refractivity contribution in [1.29, 1.82) is 0 Å². The Bertz CT molecular complexity index is 1450. The summed E-state index contributed by atoms with van der Waals surface area (Å²) >= 11 is 0. The van der Waals surface area contributed by atoms with Crippen molar-refractivity contribution in [2.24, 2.45) is 5.73 Å². The number of nitrogens with zero attached hydrogens (tertiary/aromatic N) is 3. The van der Waals surface area contributed by atoms with Crippen LogP contribution in [0.2, 0.25) is 0 Å². The van der Waals surface area contributed by atoms with Crippen molar-refractivity contribution in [2.45, 2.75) is 13.0 Å². The molecule has 0 aliphatic rings. The van der Waals surface area contributed by atoms with Crippen molar-refractivity contribution < 1.29 is 24.2 Å². The minimum atomic E-state index is -1.22. The van der Waals surface area contributed by atoms with Gasteiger partial charge in [0.05, 0.1) is 31.4 Å². The fraction of sp³-hybridized carbons (Fsp3) is 0.233. The quantitative estimate of drug-likeness (QED) is 0.262. The number of nitrogens with two attached hydrogens (primary N) is 1. The summed E-state index contributed by atoms with van der Waals surface area (Å²) in [6, 6.07) is 22.1. The molecule has 0 saturated heterocycles. The van der Waals surface area contributed by atoms with Crippen LogP contribution in [0.4, 0.5) is 0 Å². The molecule has 0 aliphatic carbocycles. The highest BCUT2D eigenvalue weighted by molar-refractivity contribution is 6.10. The van der Waals surface area contributed by atoms with E-state index in [-0.39, 0.29) is 40.6 Å². The van der Waals surface area contributed by atoms with Crippen molar-refractivity contribution in [2.75, 3.05) is 34.4 Å². The summed E-state index contributed by atoms with van der Waals surface area (Å²) < 4.78 is 13.1. The second kappa shape index (κ2) is 12.3. The molecule has 0 unspecified atom stereocenters. The largest absolute Gasteiger partial charge is 0.496 e. The van der Waals surface area contributed by atoms with E-state index in [0.29, 0.717) is 18.6 Å². The first-order chi connectivity index (χ1) is 18.8. The number of amides is 1. The number of carbonyl (C=O) groups excluding carboxylic acids is 1. The predicted octanol–water partition coefficient (Wildman–Crippen LogP) is 4.40. The number of aromatic nitrogens is 2. The number of aromatic carboxylic acids is 1. The summed E-state index contributed by atoms with van der Waals surface area (Å²) in [6.07, 6.45) is 0.685. The molecule has 4 aromatic rings. The van der Waals surface area contributed by atoms with Gasteiger partial charge in [0, 0.05) is 12.1 Å². The van der Waals surface area contributed by atoms with Gasteiger partial charge in [-0.1, -0.05) is 60.7 Å². The Morgan fingerprint density at radius 3 is 2.23 bits per heavy atom. The van der Waals surface area contributed by atoms with Gasteiger partial charge < -0.3 is 25.2 Å². The Hall–Kier alpha value is -4.63. The highest BCUT2D eigenvalue weighted by atomic mass is 16.5. The first-order valence-corrected chi connectivity index (χ1v) is 12.5. The minimum Gasteiger partial charge on any atom is -0.496 e. The van der Waals surface area contributed by atoms with Gasteiger partial charge in [-0.25, -0.2) is 9.48 Å². The van der Waals surface area contributed by atoms with Crippen LogP contribution < -0.4 is 15.2 Å². The molecule has 0 radical (unpaired) electrons. The summed E-state index contributed by atoms with van der Waals surface area (Å²) in [5.74, 6) is -1.58. The van der Waals surface area contributed by atoms with Crippen LogP contribution in [-0.2, 0) is 6.54 Å². The van der Waals surface area contributed by atoms with E-state index >= 15 is 0 Å². The third kappa shape index (κ3) is 6.10. The van der Waals surface area contributed by atoms with E-state index in [4.69, 9.17) is 15.2 Å². The summed E-state index contributed by atoms with van der Waals surface area (Å²) in [5.41, 5.74) is 8.47. The van der Waals surface area contributed by atoms with Crippen LogP contribution in [0, 0.1) is 0 Å². The molecule has 1 amide bonds. The molecular weight excluding hydrogens is 496 g/mol. The van der Waals surface area contributed by atoms with Crippen molar-refractivity contribution >= 4 is 11.9 Å². The number of carbonyl (C=O) groups is 2. The second-order valence-electron chi connectivity index (χ2n) is 9.28. The fourth-order valence-electron chi connectivity index (χ4n) is 4.52. The van der Waals surface area contributed by atoms with Crippen molar-refractivity contribution in [1.82, 2.24) is 14.7 Å². The molecule has 1 aromatic heterocycles. The lowest BCUT2D eigenvalue weighted by Crippen LogP contribution is -2.17. The maximum Gasteiger partial charge on any atom is 0.354 e. The number of carboxylic acids is 1. The molecule has 0 atom stereocenters. The normalized spacial score (nSPS) is 11.0. The van der Waals surface area contributed by atoms with Gasteiger partial charge in [0.2, 0.25) is 11.8 Å². The summed E-state index contributed by atoms with van der Waals surface area (Å²) in [7, 11) is 5.38. The van der Waals surface area contributed by atoms with Crippen molar-refractivity contribution in [3.05, 3.63) is 89.6 Å². The zero-order chi connectivity index (χ0) is 27.9. The topological polar surface area (TPSA) is 120 Å². The van der Waals surface area contributed by atoms with Crippen LogP contribution in [0.25, 0.3) is 22.3 Å². The first-order valence-electron chi connectivity index (χ1n) is 12.5. The van der Waals surface area contributed by atoms with E-state index in [9.17, 15) is 14.7 Å². The standard InChI is InChI=1S/C30H32N4O5/c1-33(2)17-10-18-39-29-26(27(30(36)37)34(32-29)19-20-11-6-4-7-12-20)25-23(38-3)16-15-22(24(25)28(31)35)21-13-8-5-9-14-21/h4-9,11-16H,10,17-19H2,1-3H3,(H2,31,35)(H,36,37). The van der Waals surface area contributed by atoms with E-state index < -0.39 is 11.9 Å². The van der Waals surface area contributed by atoms with Crippen molar-refractivity contribution in [3.63, 3.8) is 0 Å². The monoisotopic (exact) mass is 528 g/mol. The Labute approximate surface area is 227 Å². The molecule has 202 valence electrons. The zero-order valence-corrected chi connectivity index (χ0v) is 22.3. The van der Waals surface area contributed by atoms with Gasteiger partial charge in [-0.3, -0.25) is 4.79 Å². The van der Waals surface area contributed by atoms with Crippen LogP contribution in [0.5, 0.6) is 11.6 Å². The molecule has 0 spiro atoms. The van der Waals surface area contributed by atoms with Crippen molar-refractivity contribution in [3.8, 4) is 33.9 Å². The molecule has 9 heteroatoms. The molecular formula is C30H32N4O5. The van der Waals surface area contributed by atoms with Gasteiger partial charge >= 0.3 is 5.97 Å². The van der Waals surface area contributed by atoms with Crippen LogP contribution in [0.1, 0.15) is 32.8 Å². The molecule has 3 N–H and O–H groups in total. The highest BCUT2D eigenvalue weighted by Crippen LogP contribution is 2.44. The number of ether oxygens (including phenoxy) is 2. The minimum absolute atomic E-state index is 0.0908. The lowest BCUT2D eigenvalue weighted by Gasteiger charge is -2.18. The fourth-order valence-corrected chi connectivity index (χ4v) is 4.52. The van der Waals surface area contributed by atoms with Gasteiger partial charge in [-0.2, -0.15) is 0 Å². The van der Waals surface area contributed by atoms with Crippen LogP contribution >= 0.6 is 0 Å². The number of methoxy groups -OCH3 is 1. The lowest BCUT2D eigenvalue weighted by atomic mass is 9.90. The maximum atomic E-state index is 13.0. The Balaban J connectivity index is 1.99. The van der Waals surface area contributed by atoms with Gasteiger partial charge in [0.1, 0.15) is 5.75 Å². The van der Waals surface area contributed by atoms with Gasteiger partial charge in [-0.05, 0) is 49.3 Å². The van der Waals surface area contributed by atoms with Crippen LogP contribution in [0.15, 0.2) is 72.8 Å². The molecule has 0 fully saturated rings. The average Bonchev–Trinajstić information content (AvgIpc) is 3.28. The van der Waals surface area contributed by atoms with E-state index in [2.05, 4.69) is 5.10 Å². The van der Waals surface area contributed by atoms with E-state index in [1.807, 2.05) is 79.7 Å². The Morgan fingerprint density at radius 2 is 1.64 bits per heavy atom. The molecule has 1 heterocycles. The number of benzene rings is 3. The van der Waals surface area contributed by atoms with E-state index in [1.165, 1.54) is 11.8 Å². The number of rotatable bonds is 12. The van der Waals surface area contributed by atoms with E-state index in [0.717, 1.165) is 17.7 Å². The molecule has 0 saturated carbocycles. The third-order valence-electron chi connectivity index (χ3n) is 6.25. The van der Waals surface area contributed by atoms with E-state index in [1.54, 1.807) is 12.1 Å². The Morgan fingerprint density at radius 1 is 0.974 bits per heavy atom. The highest BCUT2D eigenvalue weighted by Gasteiger charge is 2.32. The van der Waals surface area contributed by atoms with Gasteiger partial charge in [0.25, 0.3) is 0 Å².